The van der Waals surface area contributed by atoms with E-state index in [1.54, 1.807) is 11.5 Å². The van der Waals surface area contributed by atoms with E-state index in [1.807, 2.05) is 0 Å². The Kier molecular flexibility index (Phi) is 7.25. The molecule has 0 bridgehead atoms. The molecule has 1 spiro atoms. The van der Waals surface area contributed by atoms with Crippen molar-refractivity contribution >= 4 is 28.5 Å². The molecule has 1 aliphatic heterocycles. The van der Waals surface area contributed by atoms with E-state index in [0.717, 1.165) is 26.1 Å². The lowest BCUT2D eigenvalue weighted by atomic mass is 9.60. The van der Waals surface area contributed by atoms with Crippen molar-refractivity contribution < 1.29 is 23.2 Å². The first-order valence-corrected chi connectivity index (χ1v) is 13.1. The van der Waals surface area contributed by atoms with Crippen LogP contribution in [-0.4, -0.2) is 78.7 Å². The lowest BCUT2D eigenvalue weighted by Gasteiger charge is -2.52. The molecule has 1 N–H and O–H groups in total. The number of ether oxygens (including phenoxy) is 4. The largest absolute Gasteiger partial charge is 0.479 e. The maximum Gasteiger partial charge on any atom is 0.245 e. The van der Waals surface area contributed by atoms with Crippen molar-refractivity contribution in [2.75, 3.05) is 39.3 Å². The number of nitrogens with one attached hydrogen (secondary N) is 1. The summed E-state index contributed by atoms with van der Waals surface area (Å²) in [6.45, 7) is 3.25. The van der Waals surface area contributed by atoms with Crippen molar-refractivity contribution in [1.82, 2.24) is 34.7 Å². The molecule has 13 nitrogen and oxygen atoms in total. The first kappa shape index (κ1) is 25.7. The van der Waals surface area contributed by atoms with E-state index in [1.165, 1.54) is 40.1 Å². The maximum absolute atomic E-state index is 13.5. The van der Waals surface area contributed by atoms with Crippen molar-refractivity contribution in [3.05, 3.63) is 35.4 Å². The third kappa shape index (κ3) is 4.74. The summed E-state index contributed by atoms with van der Waals surface area (Å²) in [5.41, 5.74) is 0.604. The second kappa shape index (κ2) is 10.4. The van der Waals surface area contributed by atoms with Gasteiger partial charge in [-0.1, -0.05) is 11.6 Å². The molecule has 3 aromatic rings. The normalized spacial score (nSPS) is 18.9. The zero-order valence-corrected chi connectivity index (χ0v) is 22.3. The summed E-state index contributed by atoms with van der Waals surface area (Å²) < 4.78 is 40.3. The zero-order valence-electron chi connectivity index (χ0n) is 20.8. The van der Waals surface area contributed by atoms with Gasteiger partial charge in [0.15, 0.2) is 11.5 Å². The smallest absolute Gasteiger partial charge is 0.245 e. The van der Waals surface area contributed by atoms with Crippen molar-refractivity contribution in [2.45, 2.75) is 37.0 Å². The summed E-state index contributed by atoms with van der Waals surface area (Å²) in [5, 5.41) is 8.64. The van der Waals surface area contributed by atoms with Gasteiger partial charge in [-0.05, 0) is 19.8 Å². The zero-order chi connectivity index (χ0) is 26.2. The van der Waals surface area contributed by atoms with Gasteiger partial charge in [0, 0.05) is 30.8 Å². The van der Waals surface area contributed by atoms with E-state index in [4.69, 9.17) is 30.5 Å². The average Bonchev–Trinajstić information content (AvgIpc) is 3.25. The molecular weight excluding hydrogens is 524 g/mol. The van der Waals surface area contributed by atoms with Gasteiger partial charge in [0.1, 0.15) is 29.2 Å². The molecule has 0 amide bonds. The highest BCUT2D eigenvalue weighted by molar-refractivity contribution is 7.87. The molecule has 1 saturated carbocycles. The first-order valence-electron chi connectivity index (χ1n) is 11.5. The van der Waals surface area contributed by atoms with Crippen LogP contribution < -0.4 is 14.2 Å². The monoisotopic (exact) mass is 550 g/mol. The summed E-state index contributed by atoms with van der Waals surface area (Å²) >= 11 is 5.92. The van der Waals surface area contributed by atoms with E-state index in [-0.39, 0.29) is 29.0 Å². The molecule has 2 aliphatic rings. The third-order valence-corrected chi connectivity index (χ3v) is 8.20. The van der Waals surface area contributed by atoms with Gasteiger partial charge < -0.3 is 18.9 Å². The summed E-state index contributed by atoms with van der Waals surface area (Å²) in [6.07, 6.45) is 5.42. The topological polar surface area (TPSA) is 148 Å². The Morgan fingerprint density at radius 3 is 2.30 bits per heavy atom. The number of nitrogens with zero attached hydrogens (tertiary/aromatic N) is 7. The number of methoxy groups -OCH3 is 3. The van der Waals surface area contributed by atoms with Gasteiger partial charge in [0.2, 0.25) is 17.7 Å². The van der Waals surface area contributed by atoms with Crippen LogP contribution in [0.1, 0.15) is 43.4 Å². The molecule has 3 unspecified atom stereocenters. The highest BCUT2D eigenvalue weighted by Gasteiger charge is 2.52. The van der Waals surface area contributed by atoms with Crippen LogP contribution in [0.25, 0.3) is 5.69 Å². The minimum absolute atomic E-state index is 0.113. The minimum atomic E-state index is -1.70. The molecular formula is C22H27ClN8O5S. The van der Waals surface area contributed by atoms with Crippen molar-refractivity contribution in [3.8, 4) is 17.4 Å². The molecule has 4 heterocycles. The highest BCUT2D eigenvalue weighted by Crippen LogP contribution is 2.55. The Balaban J connectivity index is 1.49. The summed E-state index contributed by atoms with van der Waals surface area (Å²) in [6, 6.07) is 0. The molecule has 0 radical (unpaired) electrons. The van der Waals surface area contributed by atoms with Gasteiger partial charge in [-0.15, -0.1) is 10.2 Å². The van der Waals surface area contributed by atoms with Crippen molar-refractivity contribution in [3.63, 3.8) is 0 Å². The Morgan fingerprint density at radius 1 is 1.11 bits per heavy atom. The SMILES string of the molecule is COc1ncnc(OC)c1-n1c(NS(=O)C(C)C(OC)c2ncc(Cl)cn2)nnc1C1CC2(COC2)C1. The molecule has 1 aliphatic carbocycles. The maximum atomic E-state index is 13.5. The van der Waals surface area contributed by atoms with E-state index in [0.29, 0.717) is 22.4 Å². The van der Waals surface area contributed by atoms with Gasteiger partial charge in [-0.25, -0.2) is 14.2 Å². The number of rotatable bonds is 10. The summed E-state index contributed by atoms with van der Waals surface area (Å²) in [4.78, 5) is 16.9. The van der Waals surface area contributed by atoms with Gasteiger partial charge in [-0.2, -0.15) is 9.97 Å². The van der Waals surface area contributed by atoms with Crippen LogP contribution in [0, 0.1) is 5.41 Å². The van der Waals surface area contributed by atoms with Crippen LogP contribution in [0.3, 0.4) is 0 Å². The van der Waals surface area contributed by atoms with Gasteiger partial charge in [0.25, 0.3) is 0 Å². The van der Waals surface area contributed by atoms with E-state index in [9.17, 15) is 4.21 Å². The average molecular weight is 551 g/mol. The number of aromatic nitrogens is 7. The molecule has 15 heteroatoms. The van der Waals surface area contributed by atoms with Crippen LogP contribution in [0.2, 0.25) is 5.02 Å². The highest BCUT2D eigenvalue weighted by atomic mass is 35.5. The summed E-state index contributed by atoms with van der Waals surface area (Å²) in [5.74, 6) is 1.89. The molecule has 3 atom stereocenters. The van der Waals surface area contributed by atoms with E-state index in [2.05, 4.69) is 34.9 Å². The summed E-state index contributed by atoms with van der Waals surface area (Å²) in [7, 11) is 2.81. The molecule has 1 saturated heterocycles. The van der Waals surface area contributed by atoms with Crippen molar-refractivity contribution in [2.24, 2.45) is 5.41 Å². The Hall–Kier alpha value is -2.94. The first-order chi connectivity index (χ1) is 17.9. The predicted molar refractivity (Wildman–Crippen MR) is 133 cm³/mol. The lowest BCUT2D eigenvalue weighted by Crippen LogP contribution is -2.51. The predicted octanol–water partition coefficient (Wildman–Crippen LogP) is 2.26. The molecule has 198 valence electrons. The molecule has 0 aromatic carbocycles. The Morgan fingerprint density at radius 2 is 1.76 bits per heavy atom. The molecule has 3 aromatic heterocycles. The number of halogens is 1. The standard InChI is InChI=1S/C22H27ClN8O5S/c1-12(16(33-2)17-24-7-14(23)8-25-17)37(32)30-21-29-28-18(13-5-22(6-13)9-36-10-22)31(21)15-19(34-3)26-11-27-20(15)35-4/h7-8,11-13,16H,5-6,9-10H2,1-4H3,(H,29,30). The number of hydrogen-bond acceptors (Lipinski definition) is 11. The van der Waals surface area contributed by atoms with E-state index < -0.39 is 22.3 Å². The van der Waals surface area contributed by atoms with Gasteiger partial charge in [-0.3, -0.25) is 9.29 Å². The van der Waals surface area contributed by atoms with Crippen LogP contribution in [-0.2, 0) is 20.5 Å². The van der Waals surface area contributed by atoms with Crippen LogP contribution >= 0.6 is 11.6 Å². The Bertz CT molecular complexity index is 1260. The fourth-order valence-electron chi connectivity index (χ4n) is 4.75. The minimum Gasteiger partial charge on any atom is -0.479 e. The van der Waals surface area contributed by atoms with Gasteiger partial charge in [0.05, 0.1) is 37.7 Å². The van der Waals surface area contributed by atoms with Crippen LogP contribution in [0.5, 0.6) is 11.8 Å². The number of hydrogen-bond donors (Lipinski definition) is 1. The second-order valence-electron chi connectivity index (χ2n) is 9.08. The quantitative estimate of drug-likeness (QED) is 0.396. The third-order valence-electron chi connectivity index (χ3n) is 6.70. The lowest BCUT2D eigenvalue weighted by molar-refractivity contribution is -0.165. The number of anilines is 1. The van der Waals surface area contributed by atoms with Gasteiger partial charge >= 0.3 is 0 Å². The Labute approximate surface area is 220 Å². The van der Waals surface area contributed by atoms with E-state index >= 15 is 0 Å². The van der Waals surface area contributed by atoms with Crippen molar-refractivity contribution in [1.29, 1.82) is 0 Å². The molecule has 37 heavy (non-hydrogen) atoms. The molecule has 2 fully saturated rings. The van der Waals surface area contributed by atoms with Crippen LogP contribution in [0.15, 0.2) is 18.7 Å². The fourth-order valence-corrected chi connectivity index (χ4v) is 5.80. The molecule has 5 rings (SSSR count). The fraction of sp³-hybridized carbons (Fsp3) is 0.545. The second-order valence-corrected chi connectivity index (χ2v) is 11.1. The van der Waals surface area contributed by atoms with Crippen LogP contribution in [0.4, 0.5) is 5.95 Å².